The smallest absolute Gasteiger partial charge is 0.340 e. The van der Waals surface area contributed by atoms with E-state index in [0.29, 0.717) is 23.9 Å². The minimum Gasteiger partial charge on any atom is -0.462 e. The molecule has 4 nitrogen and oxygen atoms in total. The van der Waals surface area contributed by atoms with E-state index in [9.17, 15) is 4.79 Å². The first-order valence-corrected chi connectivity index (χ1v) is 6.91. The lowest BCUT2D eigenvalue weighted by Gasteiger charge is -2.17. The number of hydrogen-bond acceptors (Lipinski definition) is 4. The molecule has 0 amide bonds. The van der Waals surface area contributed by atoms with Gasteiger partial charge in [-0.3, -0.25) is 0 Å². The average Bonchev–Trinajstić information content (AvgIpc) is 2.38. The molecule has 0 saturated heterocycles. The van der Waals surface area contributed by atoms with Crippen LogP contribution in [0.3, 0.4) is 0 Å². The molecule has 0 heterocycles. The van der Waals surface area contributed by atoms with Crippen LogP contribution in [0.4, 0.5) is 11.4 Å². The second kappa shape index (κ2) is 7.67. The van der Waals surface area contributed by atoms with Gasteiger partial charge in [-0.1, -0.05) is 19.8 Å². The summed E-state index contributed by atoms with van der Waals surface area (Å²) in [5.74, 6) is -0.333. The van der Waals surface area contributed by atoms with Gasteiger partial charge in [0, 0.05) is 17.4 Å². The highest BCUT2D eigenvalue weighted by Gasteiger charge is 2.14. The molecule has 0 radical (unpaired) electrons. The molecule has 1 rings (SSSR count). The van der Waals surface area contributed by atoms with E-state index < -0.39 is 0 Å². The highest BCUT2D eigenvalue weighted by Crippen LogP contribution is 2.21. The van der Waals surface area contributed by atoms with Crippen LogP contribution in [0.5, 0.6) is 0 Å². The summed E-state index contributed by atoms with van der Waals surface area (Å²) >= 11 is 0. The molecule has 3 N–H and O–H groups in total. The van der Waals surface area contributed by atoms with E-state index in [4.69, 9.17) is 10.5 Å². The molecule has 0 fully saturated rings. The van der Waals surface area contributed by atoms with Crippen LogP contribution < -0.4 is 11.1 Å². The number of carbonyl (C=O) groups is 1. The van der Waals surface area contributed by atoms with E-state index in [-0.39, 0.29) is 5.97 Å². The summed E-state index contributed by atoms with van der Waals surface area (Å²) in [6, 6.07) is 5.60. The van der Waals surface area contributed by atoms with E-state index in [1.807, 2.05) is 6.07 Å². The normalized spacial score (nSPS) is 11.9. The van der Waals surface area contributed by atoms with Gasteiger partial charge in [-0.2, -0.15) is 0 Å². The number of nitrogen functional groups attached to an aromatic ring is 1. The van der Waals surface area contributed by atoms with Gasteiger partial charge in [-0.25, -0.2) is 4.79 Å². The van der Waals surface area contributed by atoms with E-state index in [0.717, 1.165) is 18.5 Å². The number of carbonyl (C=O) groups excluding carboxylic acids is 1. The Bertz CT molecular complexity index is 419. The maximum atomic E-state index is 11.9. The van der Waals surface area contributed by atoms with E-state index in [2.05, 4.69) is 19.2 Å². The molecule has 0 saturated carbocycles. The summed E-state index contributed by atoms with van der Waals surface area (Å²) in [6.07, 6.45) is 3.40. The summed E-state index contributed by atoms with van der Waals surface area (Å²) < 4.78 is 5.05. The van der Waals surface area contributed by atoms with Gasteiger partial charge in [0.15, 0.2) is 0 Å². The van der Waals surface area contributed by atoms with Crippen molar-refractivity contribution in [3.05, 3.63) is 23.8 Å². The number of nitrogens with one attached hydrogen (secondary N) is 1. The Hall–Kier alpha value is -1.71. The Labute approximate surface area is 115 Å². The first-order valence-electron chi connectivity index (χ1n) is 6.91. The minimum absolute atomic E-state index is 0.316. The lowest BCUT2D eigenvalue weighted by molar-refractivity contribution is 0.0527. The Kier molecular flexibility index (Phi) is 6.19. The van der Waals surface area contributed by atoms with Crippen molar-refractivity contribution in [3.63, 3.8) is 0 Å². The predicted octanol–water partition coefficient (Wildman–Crippen LogP) is 3.44. The molecule has 0 aromatic heterocycles. The standard InChI is InChI=1S/C15H24N2O2/c1-4-6-7-11(3)17-14-9-8-12(16)10-13(14)15(18)19-5-2/h8-11,17H,4-7,16H2,1-3H3. The van der Waals surface area contributed by atoms with Crippen LogP contribution in [0.15, 0.2) is 18.2 Å². The molecule has 1 atom stereocenters. The summed E-state index contributed by atoms with van der Waals surface area (Å²) in [5.41, 5.74) is 7.59. The largest absolute Gasteiger partial charge is 0.462 e. The lowest BCUT2D eigenvalue weighted by atomic mass is 10.1. The highest BCUT2D eigenvalue weighted by molar-refractivity contribution is 5.96. The Balaban J connectivity index is 2.84. The monoisotopic (exact) mass is 264 g/mol. The second-order valence-electron chi connectivity index (χ2n) is 4.71. The minimum atomic E-state index is -0.333. The lowest BCUT2D eigenvalue weighted by Crippen LogP contribution is -2.18. The zero-order chi connectivity index (χ0) is 14.3. The van der Waals surface area contributed by atoms with Crippen LogP contribution in [0, 0.1) is 0 Å². The van der Waals surface area contributed by atoms with Gasteiger partial charge in [-0.15, -0.1) is 0 Å². The molecule has 0 bridgehead atoms. The van der Waals surface area contributed by atoms with Crippen molar-refractivity contribution in [2.24, 2.45) is 0 Å². The van der Waals surface area contributed by atoms with Crippen molar-refractivity contribution in [1.29, 1.82) is 0 Å². The van der Waals surface area contributed by atoms with Crippen molar-refractivity contribution in [3.8, 4) is 0 Å². The molecule has 0 aliphatic rings. The molecule has 1 unspecified atom stereocenters. The van der Waals surface area contributed by atoms with Gasteiger partial charge in [0.2, 0.25) is 0 Å². The predicted molar refractivity (Wildman–Crippen MR) is 79.4 cm³/mol. The molecular formula is C15H24N2O2. The topological polar surface area (TPSA) is 64.3 Å². The van der Waals surface area contributed by atoms with Gasteiger partial charge in [-0.05, 0) is 38.5 Å². The maximum absolute atomic E-state index is 11.9. The molecule has 0 spiro atoms. The molecule has 4 heteroatoms. The van der Waals surface area contributed by atoms with E-state index in [1.54, 1.807) is 19.1 Å². The number of hydrogen-bond donors (Lipinski definition) is 2. The number of rotatable bonds is 7. The van der Waals surface area contributed by atoms with Crippen LogP contribution in [-0.2, 0) is 4.74 Å². The zero-order valence-corrected chi connectivity index (χ0v) is 12.0. The van der Waals surface area contributed by atoms with Crippen LogP contribution in [-0.4, -0.2) is 18.6 Å². The number of benzene rings is 1. The molecule has 0 aliphatic carbocycles. The fourth-order valence-electron chi connectivity index (χ4n) is 1.91. The van der Waals surface area contributed by atoms with Gasteiger partial charge >= 0.3 is 5.97 Å². The molecule has 19 heavy (non-hydrogen) atoms. The molecule has 1 aromatic rings. The van der Waals surface area contributed by atoms with E-state index >= 15 is 0 Å². The molecular weight excluding hydrogens is 240 g/mol. The fourth-order valence-corrected chi connectivity index (χ4v) is 1.91. The van der Waals surface area contributed by atoms with Gasteiger partial charge in [0.05, 0.1) is 12.2 Å². The number of unbranched alkanes of at least 4 members (excludes halogenated alkanes) is 1. The van der Waals surface area contributed by atoms with Crippen LogP contribution in [0.25, 0.3) is 0 Å². The molecule has 106 valence electrons. The van der Waals surface area contributed by atoms with Crippen molar-refractivity contribution < 1.29 is 9.53 Å². The van der Waals surface area contributed by atoms with E-state index in [1.165, 1.54) is 6.42 Å². The van der Waals surface area contributed by atoms with Crippen molar-refractivity contribution >= 4 is 17.3 Å². The van der Waals surface area contributed by atoms with Gasteiger partial charge < -0.3 is 15.8 Å². The third-order valence-electron chi connectivity index (χ3n) is 2.93. The first-order chi connectivity index (χ1) is 9.08. The third-order valence-corrected chi connectivity index (χ3v) is 2.93. The quantitative estimate of drug-likeness (QED) is 0.585. The number of ether oxygens (including phenoxy) is 1. The van der Waals surface area contributed by atoms with Gasteiger partial charge in [0.1, 0.15) is 0 Å². The Morgan fingerprint density at radius 2 is 2.16 bits per heavy atom. The number of anilines is 2. The van der Waals surface area contributed by atoms with Crippen molar-refractivity contribution in [1.82, 2.24) is 0 Å². The summed E-state index contributed by atoms with van der Waals surface area (Å²) in [7, 11) is 0. The summed E-state index contributed by atoms with van der Waals surface area (Å²) in [4.78, 5) is 11.9. The second-order valence-corrected chi connectivity index (χ2v) is 4.71. The molecule has 1 aromatic carbocycles. The highest BCUT2D eigenvalue weighted by atomic mass is 16.5. The zero-order valence-electron chi connectivity index (χ0n) is 12.0. The van der Waals surface area contributed by atoms with Crippen LogP contribution in [0.1, 0.15) is 50.4 Å². The van der Waals surface area contributed by atoms with Gasteiger partial charge in [0.25, 0.3) is 0 Å². The average molecular weight is 264 g/mol. The summed E-state index contributed by atoms with van der Waals surface area (Å²) in [6.45, 7) is 6.43. The molecule has 0 aliphatic heterocycles. The fraction of sp³-hybridized carbons (Fsp3) is 0.533. The Morgan fingerprint density at radius 1 is 1.42 bits per heavy atom. The summed E-state index contributed by atoms with van der Waals surface area (Å²) in [5, 5.41) is 3.36. The van der Waals surface area contributed by atoms with Crippen molar-refractivity contribution in [2.75, 3.05) is 17.7 Å². The SMILES string of the molecule is CCCCC(C)Nc1ccc(N)cc1C(=O)OCC. The Morgan fingerprint density at radius 3 is 2.79 bits per heavy atom. The first kappa shape index (κ1) is 15.3. The maximum Gasteiger partial charge on any atom is 0.340 e. The number of nitrogens with two attached hydrogens (primary N) is 1. The number of esters is 1. The van der Waals surface area contributed by atoms with Crippen molar-refractivity contribution in [2.45, 2.75) is 46.1 Å². The van der Waals surface area contributed by atoms with Crippen LogP contribution in [0.2, 0.25) is 0 Å². The van der Waals surface area contributed by atoms with Crippen LogP contribution >= 0.6 is 0 Å². The third kappa shape index (κ3) is 4.81.